The number of carbonyl (C=O) groups is 1. The summed E-state index contributed by atoms with van der Waals surface area (Å²) in [4.78, 5) is 14.6. The van der Waals surface area contributed by atoms with Crippen LogP contribution in [0.1, 0.15) is 16.1 Å². The van der Waals surface area contributed by atoms with E-state index in [0.29, 0.717) is 25.4 Å². The van der Waals surface area contributed by atoms with Crippen LogP contribution in [0.25, 0.3) is 0 Å². The summed E-state index contributed by atoms with van der Waals surface area (Å²) in [5.41, 5.74) is 1.31. The molecule has 162 valence electrons. The van der Waals surface area contributed by atoms with Crippen LogP contribution in [0.3, 0.4) is 0 Å². The second-order valence-corrected chi connectivity index (χ2v) is 9.10. The zero-order valence-corrected chi connectivity index (χ0v) is 17.9. The number of rotatable bonds is 6. The number of benzene rings is 2. The number of aromatic nitrogens is 3. The third-order valence-corrected chi connectivity index (χ3v) is 7.08. The van der Waals surface area contributed by atoms with Crippen molar-refractivity contribution in [2.45, 2.75) is 11.4 Å². The van der Waals surface area contributed by atoms with E-state index >= 15 is 0 Å². The fourth-order valence-electron chi connectivity index (χ4n) is 3.43. The van der Waals surface area contributed by atoms with E-state index in [4.69, 9.17) is 4.74 Å². The summed E-state index contributed by atoms with van der Waals surface area (Å²) in [6.45, 7) is 1.55. The monoisotopic (exact) mass is 441 g/mol. The summed E-state index contributed by atoms with van der Waals surface area (Å²) in [5.74, 6) is 0.343. The highest BCUT2D eigenvalue weighted by Crippen LogP contribution is 2.21. The molecule has 1 aliphatic heterocycles. The Bertz CT molecular complexity index is 1140. The van der Waals surface area contributed by atoms with Gasteiger partial charge in [0, 0.05) is 26.2 Å². The van der Waals surface area contributed by atoms with Crippen LogP contribution in [0.4, 0.5) is 0 Å². The third kappa shape index (κ3) is 4.59. The lowest BCUT2D eigenvalue weighted by atomic mass is 10.2. The molecule has 0 unspecified atom stereocenters. The second kappa shape index (κ2) is 8.86. The minimum absolute atomic E-state index is 0.205. The zero-order valence-electron chi connectivity index (χ0n) is 17.1. The van der Waals surface area contributed by atoms with Gasteiger partial charge in [0.1, 0.15) is 5.75 Å². The Hall–Kier alpha value is -3.24. The number of sulfonamides is 1. The molecule has 31 heavy (non-hydrogen) atoms. The first-order valence-corrected chi connectivity index (χ1v) is 11.3. The largest absolute Gasteiger partial charge is 0.497 e. The number of methoxy groups -OCH3 is 1. The lowest BCUT2D eigenvalue weighted by Crippen LogP contribution is -2.50. The molecule has 0 bridgehead atoms. The molecule has 4 rings (SSSR count). The fraction of sp³-hybridized carbons (Fsp3) is 0.286. The molecule has 0 N–H and O–H groups in total. The zero-order chi connectivity index (χ0) is 21.8. The van der Waals surface area contributed by atoms with Gasteiger partial charge in [-0.25, -0.2) is 13.1 Å². The quantitative estimate of drug-likeness (QED) is 0.575. The maximum Gasteiger partial charge on any atom is 0.276 e. The molecule has 2 heterocycles. The molecule has 3 aromatic rings. The van der Waals surface area contributed by atoms with E-state index in [9.17, 15) is 13.2 Å². The number of carbonyl (C=O) groups excluding carboxylic acids is 1. The minimum atomic E-state index is -3.62. The highest BCUT2D eigenvalue weighted by molar-refractivity contribution is 7.89. The number of piperazine rings is 1. The van der Waals surface area contributed by atoms with Gasteiger partial charge in [0.05, 0.1) is 24.7 Å². The van der Waals surface area contributed by atoms with Crippen molar-refractivity contribution in [3.63, 3.8) is 0 Å². The van der Waals surface area contributed by atoms with E-state index in [0.717, 1.165) is 5.56 Å². The van der Waals surface area contributed by atoms with Crippen molar-refractivity contribution in [3.8, 4) is 5.75 Å². The highest BCUT2D eigenvalue weighted by Gasteiger charge is 2.31. The van der Waals surface area contributed by atoms with Crippen LogP contribution in [0.15, 0.2) is 65.7 Å². The number of hydrogen-bond acceptors (Lipinski definition) is 6. The first-order valence-electron chi connectivity index (χ1n) is 9.85. The molecule has 1 aliphatic rings. The van der Waals surface area contributed by atoms with Crippen LogP contribution >= 0.6 is 0 Å². The molecule has 0 aliphatic carbocycles. The number of ether oxygens (including phenoxy) is 1. The van der Waals surface area contributed by atoms with Crippen molar-refractivity contribution in [1.82, 2.24) is 24.2 Å². The maximum atomic E-state index is 12.9. The summed E-state index contributed by atoms with van der Waals surface area (Å²) < 4.78 is 33.8. The number of amides is 1. The number of hydrogen-bond donors (Lipinski definition) is 0. The maximum absolute atomic E-state index is 12.9. The van der Waals surface area contributed by atoms with Gasteiger partial charge in [-0.3, -0.25) is 4.79 Å². The Morgan fingerprint density at radius 1 is 1.00 bits per heavy atom. The Morgan fingerprint density at radius 2 is 1.68 bits per heavy atom. The van der Waals surface area contributed by atoms with E-state index in [1.165, 1.54) is 23.5 Å². The third-order valence-electron chi connectivity index (χ3n) is 5.17. The molecule has 1 saturated heterocycles. The second-order valence-electron chi connectivity index (χ2n) is 7.16. The molecular weight excluding hydrogens is 418 g/mol. The van der Waals surface area contributed by atoms with Crippen LogP contribution in [-0.4, -0.2) is 71.8 Å². The molecule has 0 spiro atoms. The molecule has 0 atom stereocenters. The minimum Gasteiger partial charge on any atom is -0.497 e. The lowest BCUT2D eigenvalue weighted by Gasteiger charge is -2.33. The Balaban J connectivity index is 1.37. The van der Waals surface area contributed by atoms with Crippen molar-refractivity contribution in [3.05, 3.63) is 72.1 Å². The molecule has 2 aromatic carbocycles. The van der Waals surface area contributed by atoms with Gasteiger partial charge in [0.2, 0.25) is 10.0 Å². The Morgan fingerprint density at radius 3 is 2.32 bits per heavy atom. The molecule has 1 amide bonds. The molecule has 0 saturated carbocycles. The molecule has 9 nitrogen and oxygen atoms in total. The predicted octanol–water partition coefficient (Wildman–Crippen LogP) is 1.48. The fourth-order valence-corrected chi connectivity index (χ4v) is 4.86. The predicted molar refractivity (Wildman–Crippen MR) is 113 cm³/mol. The van der Waals surface area contributed by atoms with E-state index in [-0.39, 0.29) is 29.6 Å². The van der Waals surface area contributed by atoms with Gasteiger partial charge in [-0.05, 0) is 29.8 Å². The van der Waals surface area contributed by atoms with Gasteiger partial charge in [-0.1, -0.05) is 35.5 Å². The van der Waals surface area contributed by atoms with E-state index < -0.39 is 10.0 Å². The first-order chi connectivity index (χ1) is 15.0. The standard InChI is InChI=1S/C21H23N5O4S/c1-30-18-7-9-19(10-8-18)31(28,29)26-13-11-24(12-14-26)21(27)20-16-25(23-22-20)15-17-5-3-2-4-6-17/h2-10,16H,11-15H2,1H3. The summed E-state index contributed by atoms with van der Waals surface area (Å²) in [6, 6.07) is 16.1. The smallest absolute Gasteiger partial charge is 0.276 e. The Labute approximate surface area is 180 Å². The first kappa shape index (κ1) is 21.0. The molecule has 10 heteroatoms. The van der Waals surface area contributed by atoms with Crippen LogP contribution in [0, 0.1) is 0 Å². The van der Waals surface area contributed by atoms with E-state index in [2.05, 4.69) is 10.3 Å². The van der Waals surface area contributed by atoms with E-state index in [1.54, 1.807) is 27.9 Å². The molecule has 1 aromatic heterocycles. The van der Waals surface area contributed by atoms with Gasteiger partial charge in [0.15, 0.2) is 5.69 Å². The van der Waals surface area contributed by atoms with Crippen molar-refractivity contribution in [1.29, 1.82) is 0 Å². The van der Waals surface area contributed by atoms with Crippen molar-refractivity contribution >= 4 is 15.9 Å². The SMILES string of the molecule is COc1ccc(S(=O)(=O)N2CCN(C(=O)c3cn(Cc4ccccc4)nn3)CC2)cc1. The van der Waals surface area contributed by atoms with Crippen molar-refractivity contribution in [2.75, 3.05) is 33.3 Å². The van der Waals surface area contributed by atoms with Gasteiger partial charge in [0.25, 0.3) is 5.91 Å². The van der Waals surface area contributed by atoms with Crippen LogP contribution < -0.4 is 4.74 Å². The van der Waals surface area contributed by atoms with E-state index in [1.807, 2.05) is 30.3 Å². The molecule has 0 radical (unpaired) electrons. The number of nitrogens with zero attached hydrogens (tertiary/aromatic N) is 5. The van der Waals surface area contributed by atoms with Crippen LogP contribution in [0.5, 0.6) is 5.75 Å². The van der Waals surface area contributed by atoms with Gasteiger partial charge in [-0.2, -0.15) is 4.31 Å². The highest BCUT2D eigenvalue weighted by atomic mass is 32.2. The van der Waals surface area contributed by atoms with Gasteiger partial charge in [-0.15, -0.1) is 5.10 Å². The Kier molecular flexibility index (Phi) is 6.01. The summed E-state index contributed by atoms with van der Waals surface area (Å²) in [7, 11) is -2.10. The van der Waals surface area contributed by atoms with Crippen LogP contribution in [-0.2, 0) is 16.6 Å². The summed E-state index contributed by atoms with van der Waals surface area (Å²) in [6.07, 6.45) is 1.62. The average molecular weight is 442 g/mol. The molecule has 1 fully saturated rings. The lowest BCUT2D eigenvalue weighted by molar-refractivity contribution is 0.0692. The van der Waals surface area contributed by atoms with Crippen LogP contribution in [0.2, 0.25) is 0 Å². The van der Waals surface area contributed by atoms with Gasteiger partial charge >= 0.3 is 0 Å². The average Bonchev–Trinajstić information content (AvgIpc) is 3.28. The van der Waals surface area contributed by atoms with Crippen molar-refractivity contribution < 1.29 is 17.9 Å². The summed E-state index contributed by atoms with van der Waals surface area (Å²) in [5, 5.41) is 8.04. The normalized spacial score (nSPS) is 15.1. The topological polar surface area (TPSA) is 97.6 Å². The molecular formula is C21H23N5O4S. The van der Waals surface area contributed by atoms with Crippen molar-refractivity contribution in [2.24, 2.45) is 0 Å². The van der Waals surface area contributed by atoms with Gasteiger partial charge < -0.3 is 9.64 Å². The summed E-state index contributed by atoms with van der Waals surface area (Å²) >= 11 is 0.